The van der Waals surface area contributed by atoms with Gasteiger partial charge in [-0.25, -0.2) is 12.8 Å². The predicted molar refractivity (Wildman–Crippen MR) is 94.8 cm³/mol. The van der Waals surface area contributed by atoms with Crippen molar-refractivity contribution in [2.75, 3.05) is 11.5 Å². The van der Waals surface area contributed by atoms with Crippen molar-refractivity contribution in [3.63, 3.8) is 0 Å². The van der Waals surface area contributed by atoms with Gasteiger partial charge in [-0.1, -0.05) is 35.9 Å². The minimum atomic E-state index is -3.17. The number of carbonyl (C=O) groups excluding carboxylic acids is 1. The summed E-state index contributed by atoms with van der Waals surface area (Å²) in [6.07, 6.45) is 0.369. The predicted octanol–water partition coefficient (Wildman–Crippen LogP) is 3.31. The molecule has 2 aromatic rings. The molecule has 0 spiro atoms. The van der Waals surface area contributed by atoms with Crippen molar-refractivity contribution in [1.82, 2.24) is 4.90 Å². The van der Waals surface area contributed by atoms with Gasteiger partial charge in [0.2, 0.25) is 0 Å². The van der Waals surface area contributed by atoms with Crippen LogP contribution < -0.4 is 0 Å². The summed E-state index contributed by atoms with van der Waals surface area (Å²) in [6.45, 7) is 0.127. The maximum absolute atomic E-state index is 13.5. The lowest BCUT2D eigenvalue weighted by atomic mass is 10.1. The van der Waals surface area contributed by atoms with Crippen molar-refractivity contribution < 1.29 is 17.6 Å². The standard InChI is InChI=1S/C18H17ClFNO3S/c19-17-7-2-1-6-16(17)18(22)21(15-8-9-25(23,24)12-15)11-13-4-3-5-14(20)10-13/h1-7,10,15H,8-9,11-12H2/t15-/m1/s1. The van der Waals surface area contributed by atoms with Crippen molar-refractivity contribution in [3.05, 3.63) is 70.5 Å². The number of carbonyl (C=O) groups is 1. The zero-order chi connectivity index (χ0) is 18.0. The summed E-state index contributed by atoms with van der Waals surface area (Å²) in [4.78, 5) is 14.5. The monoisotopic (exact) mass is 381 g/mol. The largest absolute Gasteiger partial charge is 0.330 e. The number of rotatable bonds is 4. The number of hydrogen-bond donors (Lipinski definition) is 0. The van der Waals surface area contributed by atoms with E-state index in [2.05, 4.69) is 0 Å². The van der Waals surface area contributed by atoms with E-state index in [-0.39, 0.29) is 24.0 Å². The first kappa shape index (κ1) is 17.9. The van der Waals surface area contributed by atoms with Gasteiger partial charge in [-0.3, -0.25) is 4.79 Å². The number of amides is 1. The Labute approximate surface area is 151 Å². The number of nitrogens with zero attached hydrogens (tertiary/aromatic N) is 1. The number of halogens is 2. The molecule has 2 aromatic carbocycles. The molecule has 0 unspecified atom stereocenters. The van der Waals surface area contributed by atoms with E-state index in [0.717, 1.165) is 0 Å². The second-order valence-corrected chi connectivity index (χ2v) is 8.74. The Morgan fingerprint density at radius 3 is 2.60 bits per heavy atom. The smallest absolute Gasteiger partial charge is 0.255 e. The first-order valence-corrected chi connectivity index (χ1v) is 10.1. The molecule has 0 N–H and O–H groups in total. The minimum Gasteiger partial charge on any atom is -0.330 e. The molecule has 1 aliphatic rings. The molecule has 1 atom stereocenters. The molecule has 0 saturated carbocycles. The molecule has 132 valence electrons. The average molecular weight is 382 g/mol. The van der Waals surface area contributed by atoms with Crippen LogP contribution in [0.1, 0.15) is 22.3 Å². The lowest BCUT2D eigenvalue weighted by molar-refractivity contribution is 0.0681. The molecular formula is C18H17ClFNO3S. The highest BCUT2D eigenvalue weighted by atomic mass is 35.5. The van der Waals surface area contributed by atoms with Crippen molar-refractivity contribution in [2.45, 2.75) is 19.0 Å². The summed E-state index contributed by atoms with van der Waals surface area (Å²) in [7, 11) is -3.17. The van der Waals surface area contributed by atoms with E-state index in [1.807, 2.05) is 0 Å². The Bertz CT molecular complexity index is 901. The molecule has 1 saturated heterocycles. The van der Waals surface area contributed by atoms with Crippen LogP contribution in [0.5, 0.6) is 0 Å². The van der Waals surface area contributed by atoms with Crippen LogP contribution in [0.4, 0.5) is 4.39 Å². The van der Waals surface area contributed by atoms with Crippen LogP contribution >= 0.6 is 11.6 Å². The fourth-order valence-corrected chi connectivity index (χ4v) is 4.96. The molecule has 0 bridgehead atoms. The molecule has 0 radical (unpaired) electrons. The van der Waals surface area contributed by atoms with E-state index < -0.39 is 21.7 Å². The molecule has 0 aliphatic carbocycles. The fraction of sp³-hybridized carbons (Fsp3) is 0.278. The fourth-order valence-electron chi connectivity index (χ4n) is 3.01. The van der Waals surface area contributed by atoms with Gasteiger partial charge in [0.15, 0.2) is 9.84 Å². The van der Waals surface area contributed by atoms with E-state index in [4.69, 9.17) is 11.6 Å². The van der Waals surface area contributed by atoms with Crippen molar-refractivity contribution in [2.24, 2.45) is 0 Å². The summed E-state index contributed by atoms with van der Waals surface area (Å²) < 4.78 is 37.2. The van der Waals surface area contributed by atoms with Crippen LogP contribution in [0.15, 0.2) is 48.5 Å². The Morgan fingerprint density at radius 2 is 1.96 bits per heavy atom. The maximum Gasteiger partial charge on any atom is 0.255 e. The number of hydrogen-bond acceptors (Lipinski definition) is 3. The van der Waals surface area contributed by atoms with E-state index in [0.29, 0.717) is 22.6 Å². The maximum atomic E-state index is 13.5. The first-order valence-electron chi connectivity index (χ1n) is 7.86. The van der Waals surface area contributed by atoms with Gasteiger partial charge in [-0.2, -0.15) is 0 Å². The highest BCUT2D eigenvalue weighted by Crippen LogP contribution is 2.25. The molecule has 1 fully saturated rings. The molecule has 1 aliphatic heterocycles. The van der Waals surface area contributed by atoms with Crippen LogP contribution in [0, 0.1) is 5.82 Å². The SMILES string of the molecule is O=C(c1ccccc1Cl)N(Cc1cccc(F)c1)[C@@H]1CCS(=O)(=O)C1. The third-order valence-electron chi connectivity index (χ3n) is 4.26. The number of sulfone groups is 1. The molecule has 1 amide bonds. The zero-order valence-electron chi connectivity index (χ0n) is 13.4. The quantitative estimate of drug-likeness (QED) is 0.816. The van der Waals surface area contributed by atoms with Crippen LogP contribution in [-0.2, 0) is 16.4 Å². The molecule has 25 heavy (non-hydrogen) atoms. The lowest BCUT2D eigenvalue weighted by Gasteiger charge is -2.29. The van der Waals surface area contributed by atoms with Gasteiger partial charge in [0.25, 0.3) is 5.91 Å². The average Bonchev–Trinajstić information content (AvgIpc) is 2.92. The van der Waals surface area contributed by atoms with Crippen LogP contribution in [0.3, 0.4) is 0 Å². The van der Waals surface area contributed by atoms with Crippen molar-refractivity contribution in [3.8, 4) is 0 Å². The van der Waals surface area contributed by atoms with Gasteiger partial charge in [-0.15, -0.1) is 0 Å². The van der Waals surface area contributed by atoms with E-state index in [1.54, 1.807) is 36.4 Å². The summed E-state index contributed by atoms with van der Waals surface area (Å²) in [5.41, 5.74) is 0.912. The van der Waals surface area contributed by atoms with Crippen LogP contribution in [-0.4, -0.2) is 36.8 Å². The summed E-state index contributed by atoms with van der Waals surface area (Å²) in [6, 6.07) is 12.1. The van der Waals surface area contributed by atoms with E-state index in [9.17, 15) is 17.6 Å². The molecule has 1 heterocycles. The van der Waals surface area contributed by atoms with E-state index >= 15 is 0 Å². The normalized spacial score (nSPS) is 18.9. The van der Waals surface area contributed by atoms with Gasteiger partial charge in [-0.05, 0) is 36.2 Å². The Balaban J connectivity index is 1.94. The van der Waals surface area contributed by atoms with Crippen molar-refractivity contribution >= 4 is 27.3 Å². The van der Waals surface area contributed by atoms with Gasteiger partial charge >= 0.3 is 0 Å². The minimum absolute atomic E-state index is 0.0487. The summed E-state index contributed by atoms with van der Waals surface area (Å²) in [5.74, 6) is -0.787. The summed E-state index contributed by atoms with van der Waals surface area (Å²) in [5, 5.41) is 0.303. The molecule has 7 heteroatoms. The molecule has 3 rings (SSSR count). The third-order valence-corrected chi connectivity index (χ3v) is 6.34. The lowest BCUT2D eigenvalue weighted by Crippen LogP contribution is -2.40. The van der Waals surface area contributed by atoms with Gasteiger partial charge in [0, 0.05) is 12.6 Å². The second-order valence-electron chi connectivity index (χ2n) is 6.10. The van der Waals surface area contributed by atoms with Crippen LogP contribution in [0.2, 0.25) is 5.02 Å². The Morgan fingerprint density at radius 1 is 1.20 bits per heavy atom. The Kier molecular flexibility index (Phi) is 5.11. The second kappa shape index (κ2) is 7.14. The summed E-state index contributed by atoms with van der Waals surface area (Å²) >= 11 is 6.13. The van der Waals surface area contributed by atoms with Crippen molar-refractivity contribution in [1.29, 1.82) is 0 Å². The third kappa shape index (κ3) is 4.19. The number of benzene rings is 2. The van der Waals surface area contributed by atoms with Gasteiger partial charge in [0.05, 0.1) is 22.1 Å². The molecular weight excluding hydrogens is 365 g/mol. The van der Waals surface area contributed by atoms with Gasteiger partial charge < -0.3 is 4.90 Å². The molecule has 0 aromatic heterocycles. The zero-order valence-corrected chi connectivity index (χ0v) is 14.9. The van der Waals surface area contributed by atoms with Gasteiger partial charge in [0.1, 0.15) is 5.82 Å². The van der Waals surface area contributed by atoms with E-state index in [1.165, 1.54) is 17.0 Å². The molecule has 4 nitrogen and oxygen atoms in total. The van der Waals surface area contributed by atoms with Crippen LogP contribution in [0.25, 0.3) is 0 Å². The highest BCUT2D eigenvalue weighted by Gasteiger charge is 2.35. The highest BCUT2D eigenvalue weighted by molar-refractivity contribution is 7.91. The Hall–Kier alpha value is -1.92. The topological polar surface area (TPSA) is 54.5 Å². The first-order chi connectivity index (χ1) is 11.9.